The van der Waals surface area contributed by atoms with E-state index in [0.29, 0.717) is 0 Å². The maximum atomic E-state index is 7.00. The average Bonchev–Trinajstić information content (AvgIpc) is 2.02. The summed E-state index contributed by atoms with van der Waals surface area (Å²) in [5.41, 5.74) is 10.5. The van der Waals surface area contributed by atoms with Crippen LogP contribution in [0.4, 0.5) is 0 Å². The molecule has 0 fully saturated rings. The lowest BCUT2D eigenvalue weighted by Gasteiger charge is -1.93. The Balaban J connectivity index is 0. The summed E-state index contributed by atoms with van der Waals surface area (Å²) < 4.78 is 0. The van der Waals surface area contributed by atoms with E-state index in [9.17, 15) is 0 Å². The SMILES string of the molecule is CO.NCCSSCCN. The minimum atomic E-state index is 0.766. The van der Waals surface area contributed by atoms with Gasteiger partial charge in [0.15, 0.2) is 0 Å². The fourth-order valence-electron chi connectivity index (χ4n) is 0.214. The summed E-state index contributed by atoms with van der Waals surface area (Å²) >= 11 is 0. The molecule has 0 amide bonds. The topological polar surface area (TPSA) is 72.3 Å². The largest absolute Gasteiger partial charge is 0.400 e. The Morgan fingerprint density at radius 2 is 1.30 bits per heavy atom. The molecular formula is C5H16N2OS2. The zero-order valence-corrected chi connectivity index (χ0v) is 7.88. The van der Waals surface area contributed by atoms with Gasteiger partial charge in [0.1, 0.15) is 0 Å². The molecule has 0 unspecified atom stereocenters. The number of nitrogens with two attached hydrogens (primary N) is 2. The predicted octanol–water partition coefficient (Wildman–Crippen LogP) is -0.106. The van der Waals surface area contributed by atoms with E-state index in [-0.39, 0.29) is 0 Å². The summed E-state index contributed by atoms with van der Waals surface area (Å²) in [4.78, 5) is 0. The van der Waals surface area contributed by atoms with Crippen LogP contribution in [0.3, 0.4) is 0 Å². The van der Waals surface area contributed by atoms with Crippen LogP contribution >= 0.6 is 21.6 Å². The van der Waals surface area contributed by atoms with Crippen LogP contribution in [-0.4, -0.2) is 36.8 Å². The van der Waals surface area contributed by atoms with Crippen LogP contribution < -0.4 is 11.5 Å². The van der Waals surface area contributed by atoms with Gasteiger partial charge in [-0.3, -0.25) is 0 Å². The molecule has 0 rings (SSSR count). The van der Waals surface area contributed by atoms with E-state index >= 15 is 0 Å². The van der Waals surface area contributed by atoms with E-state index in [2.05, 4.69) is 0 Å². The minimum absolute atomic E-state index is 0.766. The molecule has 0 bridgehead atoms. The molecule has 64 valence electrons. The second-order valence-corrected chi connectivity index (χ2v) is 3.92. The molecule has 0 saturated heterocycles. The first-order chi connectivity index (χ1) is 4.91. The summed E-state index contributed by atoms with van der Waals surface area (Å²) in [6.45, 7) is 1.53. The van der Waals surface area contributed by atoms with Gasteiger partial charge in [-0.25, -0.2) is 0 Å². The highest BCUT2D eigenvalue weighted by Crippen LogP contribution is 2.18. The second kappa shape index (κ2) is 16.3. The van der Waals surface area contributed by atoms with Crippen LogP contribution in [0.1, 0.15) is 0 Å². The first-order valence-electron chi connectivity index (χ1n) is 3.01. The Bertz CT molecular complexity index is 42.6. The van der Waals surface area contributed by atoms with Gasteiger partial charge in [-0.15, -0.1) is 0 Å². The Morgan fingerprint density at radius 1 is 1.00 bits per heavy atom. The summed E-state index contributed by atoms with van der Waals surface area (Å²) in [5, 5.41) is 7.00. The summed E-state index contributed by atoms with van der Waals surface area (Å²) in [5.74, 6) is 2.06. The number of rotatable bonds is 5. The van der Waals surface area contributed by atoms with Crippen molar-refractivity contribution >= 4 is 21.6 Å². The van der Waals surface area contributed by atoms with Gasteiger partial charge in [0, 0.05) is 31.7 Å². The van der Waals surface area contributed by atoms with Gasteiger partial charge in [-0.2, -0.15) is 0 Å². The summed E-state index contributed by atoms with van der Waals surface area (Å²) in [7, 11) is 4.58. The van der Waals surface area contributed by atoms with Crippen molar-refractivity contribution in [2.45, 2.75) is 0 Å². The number of hydrogen-bond donors (Lipinski definition) is 3. The van der Waals surface area contributed by atoms with E-state index in [0.717, 1.165) is 31.7 Å². The van der Waals surface area contributed by atoms with Crippen LogP contribution in [0.25, 0.3) is 0 Å². The lowest BCUT2D eigenvalue weighted by atomic mass is 10.8. The first-order valence-corrected chi connectivity index (χ1v) is 5.50. The third kappa shape index (κ3) is 15.8. The van der Waals surface area contributed by atoms with E-state index in [1.165, 1.54) is 0 Å². The average molecular weight is 184 g/mol. The third-order valence-electron chi connectivity index (χ3n) is 0.486. The molecule has 3 nitrogen and oxygen atoms in total. The van der Waals surface area contributed by atoms with Crippen molar-refractivity contribution in [2.75, 3.05) is 31.7 Å². The molecule has 5 N–H and O–H groups in total. The molecule has 0 saturated carbocycles. The van der Waals surface area contributed by atoms with Crippen molar-refractivity contribution in [3.8, 4) is 0 Å². The highest BCUT2D eigenvalue weighted by molar-refractivity contribution is 8.76. The maximum Gasteiger partial charge on any atom is 0.0319 e. The van der Waals surface area contributed by atoms with Crippen LogP contribution in [0.2, 0.25) is 0 Å². The molecule has 10 heavy (non-hydrogen) atoms. The van der Waals surface area contributed by atoms with Crippen molar-refractivity contribution in [3.05, 3.63) is 0 Å². The predicted molar refractivity (Wildman–Crippen MR) is 51.2 cm³/mol. The molecule has 0 aromatic carbocycles. The highest BCUT2D eigenvalue weighted by Gasteiger charge is 1.84. The van der Waals surface area contributed by atoms with Crippen LogP contribution in [0, 0.1) is 0 Å². The van der Waals surface area contributed by atoms with E-state index in [1.807, 2.05) is 0 Å². The normalized spacial score (nSPS) is 8.40. The molecule has 0 heterocycles. The fraction of sp³-hybridized carbons (Fsp3) is 1.00. The standard InChI is InChI=1S/C4H12N2S2.CH4O/c5-1-3-7-8-4-2-6;1-2/h1-6H2;2H,1H3. The molecule has 0 radical (unpaired) electrons. The molecular weight excluding hydrogens is 168 g/mol. The van der Waals surface area contributed by atoms with Gasteiger partial charge in [0.25, 0.3) is 0 Å². The second-order valence-electron chi connectivity index (χ2n) is 1.22. The van der Waals surface area contributed by atoms with Gasteiger partial charge < -0.3 is 16.6 Å². The molecule has 0 aliphatic carbocycles. The zero-order valence-electron chi connectivity index (χ0n) is 6.25. The van der Waals surface area contributed by atoms with Crippen LogP contribution in [-0.2, 0) is 0 Å². The van der Waals surface area contributed by atoms with Crippen molar-refractivity contribution < 1.29 is 5.11 Å². The van der Waals surface area contributed by atoms with Gasteiger partial charge in [0.2, 0.25) is 0 Å². The van der Waals surface area contributed by atoms with Crippen molar-refractivity contribution in [2.24, 2.45) is 11.5 Å². The first kappa shape index (κ1) is 13.2. The summed E-state index contributed by atoms with van der Waals surface area (Å²) in [6, 6.07) is 0. The number of aliphatic hydroxyl groups excluding tert-OH is 1. The Hall–Kier alpha value is 0.580. The smallest absolute Gasteiger partial charge is 0.0319 e. The van der Waals surface area contributed by atoms with Gasteiger partial charge in [-0.1, -0.05) is 21.6 Å². The van der Waals surface area contributed by atoms with Crippen LogP contribution in [0.5, 0.6) is 0 Å². The van der Waals surface area contributed by atoms with Crippen molar-refractivity contribution in [1.82, 2.24) is 0 Å². The number of hydrogen-bond acceptors (Lipinski definition) is 5. The molecule has 0 aliphatic heterocycles. The van der Waals surface area contributed by atoms with E-state index in [1.54, 1.807) is 21.6 Å². The van der Waals surface area contributed by atoms with Crippen molar-refractivity contribution in [3.63, 3.8) is 0 Å². The van der Waals surface area contributed by atoms with Crippen molar-refractivity contribution in [1.29, 1.82) is 0 Å². The van der Waals surface area contributed by atoms with Gasteiger partial charge in [-0.05, 0) is 0 Å². The fourth-order valence-corrected chi connectivity index (χ4v) is 1.93. The Kier molecular flexibility index (Phi) is 21.5. The minimum Gasteiger partial charge on any atom is -0.400 e. The quantitative estimate of drug-likeness (QED) is 0.411. The monoisotopic (exact) mass is 184 g/mol. The van der Waals surface area contributed by atoms with Gasteiger partial charge in [0.05, 0.1) is 0 Å². The maximum absolute atomic E-state index is 7.00. The number of aliphatic hydroxyl groups is 1. The van der Waals surface area contributed by atoms with E-state index < -0.39 is 0 Å². The van der Waals surface area contributed by atoms with Crippen LogP contribution in [0.15, 0.2) is 0 Å². The molecule has 0 aliphatic rings. The van der Waals surface area contributed by atoms with E-state index in [4.69, 9.17) is 16.6 Å². The summed E-state index contributed by atoms with van der Waals surface area (Å²) in [6.07, 6.45) is 0. The lowest BCUT2D eigenvalue weighted by molar-refractivity contribution is 0.399. The molecule has 0 spiro atoms. The van der Waals surface area contributed by atoms with Gasteiger partial charge >= 0.3 is 0 Å². The third-order valence-corrected chi connectivity index (χ3v) is 2.96. The highest BCUT2D eigenvalue weighted by atomic mass is 33.1. The molecule has 0 aromatic rings. The molecule has 0 atom stereocenters. The molecule has 0 aromatic heterocycles. The zero-order chi connectivity index (χ0) is 8.24. The lowest BCUT2D eigenvalue weighted by Crippen LogP contribution is -2.02. The molecule has 5 heteroatoms. The Morgan fingerprint density at radius 3 is 1.50 bits per heavy atom. The Labute approximate surface area is 70.3 Å².